The molecule has 1 amide bonds. The van der Waals surface area contributed by atoms with Gasteiger partial charge in [-0.2, -0.15) is 5.10 Å². The van der Waals surface area contributed by atoms with E-state index in [0.717, 1.165) is 15.7 Å². The van der Waals surface area contributed by atoms with Crippen LogP contribution in [0.3, 0.4) is 0 Å². The van der Waals surface area contributed by atoms with Crippen LogP contribution >= 0.6 is 15.9 Å². The van der Waals surface area contributed by atoms with E-state index in [2.05, 4.69) is 26.1 Å². The SMILES string of the molecule is CC(C)c1[nH]nc(C(=O)N(C)Cc2ccc(Br)cc2)c1N. The average Bonchev–Trinajstić information content (AvgIpc) is 2.82. The van der Waals surface area contributed by atoms with Crippen LogP contribution in [0.2, 0.25) is 0 Å². The largest absolute Gasteiger partial charge is 0.395 e. The Morgan fingerprint density at radius 2 is 2.00 bits per heavy atom. The normalized spacial score (nSPS) is 10.9. The van der Waals surface area contributed by atoms with E-state index in [9.17, 15) is 4.79 Å². The molecule has 3 N–H and O–H groups in total. The lowest BCUT2D eigenvalue weighted by Gasteiger charge is -2.16. The van der Waals surface area contributed by atoms with Crippen LogP contribution in [-0.4, -0.2) is 28.1 Å². The van der Waals surface area contributed by atoms with Gasteiger partial charge in [0, 0.05) is 18.1 Å². The highest BCUT2D eigenvalue weighted by molar-refractivity contribution is 9.10. The Balaban J connectivity index is 2.14. The molecule has 0 bridgehead atoms. The summed E-state index contributed by atoms with van der Waals surface area (Å²) in [5.41, 5.74) is 8.59. The molecule has 1 aromatic heterocycles. The molecule has 1 aromatic carbocycles. The van der Waals surface area contributed by atoms with Gasteiger partial charge in [0.05, 0.1) is 11.4 Å². The number of hydrogen-bond donors (Lipinski definition) is 2. The Hall–Kier alpha value is -1.82. The molecule has 2 aromatic rings. The van der Waals surface area contributed by atoms with E-state index < -0.39 is 0 Å². The second kappa shape index (κ2) is 6.30. The van der Waals surface area contributed by atoms with Gasteiger partial charge in [-0.3, -0.25) is 9.89 Å². The molecule has 2 rings (SSSR count). The highest BCUT2D eigenvalue weighted by Gasteiger charge is 2.21. The van der Waals surface area contributed by atoms with Gasteiger partial charge in [-0.05, 0) is 23.6 Å². The number of H-pyrrole nitrogens is 1. The van der Waals surface area contributed by atoms with Crippen molar-refractivity contribution in [1.29, 1.82) is 0 Å². The smallest absolute Gasteiger partial charge is 0.276 e. The zero-order valence-corrected chi connectivity index (χ0v) is 13.9. The molecular formula is C15H19BrN4O. The van der Waals surface area contributed by atoms with Crippen molar-refractivity contribution >= 4 is 27.5 Å². The van der Waals surface area contributed by atoms with Crippen molar-refractivity contribution in [2.45, 2.75) is 26.3 Å². The molecule has 5 nitrogen and oxygen atoms in total. The second-order valence-electron chi connectivity index (χ2n) is 5.34. The molecule has 6 heteroatoms. The first-order chi connectivity index (χ1) is 9.90. The number of nitrogens with one attached hydrogen (secondary N) is 1. The molecule has 0 aliphatic heterocycles. The Morgan fingerprint density at radius 3 is 2.52 bits per heavy atom. The Morgan fingerprint density at radius 1 is 1.38 bits per heavy atom. The number of nitrogens with zero attached hydrogens (tertiary/aromatic N) is 2. The fourth-order valence-corrected chi connectivity index (χ4v) is 2.35. The van der Waals surface area contributed by atoms with Gasteiger partial charge in [0.2, 0.25) is 0 Å². The van der Waals surface area contributed by atoms with Crippen molar-refractivity contribution in [2.24, 2.45) is 0 Å². The number of hydrogen-bond acceptors (Lipinski definition) is 3. The number of anilines is 1. The van der Waals surface area contributed by atoms with Gasteiger partial charge in [0.15, 0.2) is 5.69 Å². The summed E-state index contributed by atoms with van der Waals surface area (Å²) >= 11 is 3.39. The minimum Gasteiger partial charge on any atom is -0.395 e. The van der Waals surface area contributed by atoms with Crippen molar-refractivity contribution in [3.05, 3.63) is 45.7 Å². The topological polar surface area (TPSA) is 75.0 Å². The lowest BCUT2D eigenvalue weighted by atomic mass is 10.1. The first-order valence-corrected chi connectivity index (χ1v) is 7.53. The third-order valence-corrected chi connectivity index (χ3v) is 3.82. The summed E-state index contributed by atoms with van der Waals surface area (Å²) < 4.78 is 1.01. The predicted octanol–water partition coefficient (Wildman–Crippen LogP) is 3.15. The standard InChI is InChI=1S/C15H19BrN4O/c1-9(2)13-12(17)14(19-18-13)15(21)20(3)8-10-4-6-11(16)7-5-10/h4-7,9H,8,17H2,1-3H3,(H,18,19). The molecule has 0 atom stereocenters. The maximum Gasteiger partial charge on any atom is 0.276 e. The van der Waals surface area contributed by atoms with Gasteiger partial charge in [0.25, 0.3) is 5.91 Å². The number of halogens is 1. The summed E-state index contributed by atoms with van der Waals surface area (Å²) in [5, 5.41) is 6.92. The van der Waals surface area contributed by atoms with Crippen LogP contribution in [0.15, 0.2) is 28.7 Å². The maximum absolute atomic E-state index is 12.4. The average molecular weight is 351 g/mol. The van der Waals surface area contributed by atoms with E-state index in [1.807, 2.05) is 38.1 Å². The molecule has 0 radical (unpaired) electrons. The number of rotatable bonds is 4. The Bertz CT molecular complexity index is 634. The zero-order chi connectivity index (χ0) is 15.6. The number of benzene rings is 1. The fourth-order valence-electron chi connectivity index (χ4n) is 2.08. The lowest BCUT2D eigenvalue weighted by Crippen LogP contribution is -2.27. The van der Waals surface area contributed by atoms with E-state index in [1.54, 1.807) is 11.9 Å². The molecule has 0 spiro atoms. The van der Waals surface area contributed by atoms with E-state index in [1.165, 1.54) is 0 Å². The first-order valence-electron chi connectivity index (χ1n) is 6.73. The number of nitrogens with two attached hydrogens (primary N) is 1. The summed E-state index contributed by atoms with van der Waals surface area (Å²) in [4.78, 5) is 14.0. The number of aromatic nitrogens is 2. The molecule has 0 saturated carbocycles. The van der Waals surface area contributed by atoms with Crippen LogP contribution in [0.1, 0.15) is 41.5 Å². The number of nitrogen functional groups attached to an aromatic ring is 1. The van der Waals surface area contributed by atoms with E-state index >= 15 is 0 Å². The van der Waals surface area contributed by atoms with Gasteiger partial charge in [0.1, 0.15) is 0 Å². The highest BCUT2D eigenvalue weighted by atomic mass is 79.9. The summed E-state index contributed by atoms with van der Waals surface area (Å²) in [5.74, 6) is 0.0226. The van der Waals surface area contributed by atoms with Crippen molar-refractivity contribution < 1.29 is 4.79 Å². The molecule has 1 heterocycles. The van der Waals surface area contributed by atoms with E-state index in [-0.39, 0.29) is 11.8 Å². The van der Waals surface area contributed by atoms with Gasteiger partial charge in [-0.1, -0.05) is 41.9 Å². The fraction of sp³-hybridized carbons (Fsp3) is 0.333. The van der Waals surface area contributed by atoms with Crippen LogP contribution in [0.5, 0.6) is 0 Å². The van der Waals surface area contributed by atoms with Gasteiger partial charge in [-0.15, -0.1) is 0 Å². The van der Waals surface area contributed by atoms with E-state index in [0.29, 0.717) is 17.9 Å². The van der Waals surface area contributed by atoms with Crippen molar-refractivity contribution in [1.82, 2.24) is 15.1 Å². The molecule has 0 aliphatic carbocycles. The Labute approximate surface area is 132 Å². The molecular weight excluding hydrogens is 332 g/mol. The van der Waals surface area contributed by atoms with Crippen molar-refractivity contribution in [3.8, 4) is 0 Å². The minimum atomic E-state index is -0.182. The highest BCUT2D eigenvalue weighted by Crippen LogP contribution is 2.23. The molecule has 0 aliphatic rings. The number of amides is 1. The number of carbonyl (C=O) groups excluding carboxylic acids is 1. The van der Waals surface area contributed by atoms with Gasteiger partial charge >= 0.3 is 0 Å². The van der Waals surface area contributed by atoms with E-state index in [4.69, 9.17) is 5.73 Å². The summed E-state index contributed by atoms with van der Waals surface area (Å²) in [7, 11) is 1.74. The lowest BCUT2D eigenvalue weighted by molar-refractivity contribution is 0.0780. The van der Waals surface area contributed by atoms with Crippen molar-refractivity contribution in [3.63, 3.8) is 0 Å². The third-order valence-electron chi connectivity index (χ3n) is 3.29. The monoisotopic (exact) mass is 350 g/mol. The van der Waals surface area contributed by atoms with Gasteiger partial charge in [-0.25, -0.2) is 0 Å². The molecule has 0 unspecified atom stereocenters. The predicted molar refractivity (Wildman–Crippen MR) is 87.0 cm³/mol. The molecule has 21 heavy (non-hydrogen) atoms. The summed E-state index contributed by atoms with van der Waals surface area (Å²) in [6.45, 7) is 4.52. The number of carbonyl (C=O) groups is 1. The van der Waals surface area contributed by atoms with Crippen molar-refractivity contribution in [2.75, 3.05) is 12.8 Å². The number of aromatic amines is 1. The van der Waals surface area contributed by atoms with Crippen LogP contribution < -0.4 is 5.73 Å². The maximum atomic E-state index is 12.4. The molecule has 0 saturated heterocycles. The quantitative estimate of drug-likeness (QED) is 0.889. The summed E-state index contributed by atoms with van der Waals surface area (Å²) in [6.07, 6.45) is 0. The minimum absolute atomic E-state index is 0.182. The second-order valence-corrected chi connectivity index (χ2v) is 6.26. The van der Waals surface area contributed by atoms with Crippen LogP contribution in [0.25, 0.3) is 0 Å². The molecule has 112 valence electrons. The zero-order valence-electron chi connectivity index (χ0n) is 12.4. The Kier molecular flexibility index (Phi) is 4.67. The molecule has 0 fully saturated rings. The van der Waals surface area contributed by atoms with Crippen LogP contribution in [0.4, 0.5) is 5.69 Å². The summed E-state index contributed by atoms with van der Waals surface area (Å²) in [6, 6.07) is 7.85. The first kappa shape index (κ1) is 15.6. The van der Waals surface area contributed by atoms with Gasteiger partial charge < -0.3 is 10.6 Å². The third kappa shape index (κ3) is 3.44. The van der Waals surface area contributed by atoms with Crippen LogP contribution in [-0.2, 0) is 6.54 Å². The van der Waals surface area contributed by atoms with Crippen LogP contribution in [0, 0.1) is 0 Å².